The molecule has 1 aromatic heterocycles. The van der Waals surface area contributed by atoms with Crippen LogP contribution in [-0.2, 0) is 25.6 Å². The Morgan fingerprint density at radius 2 is 1.72 bits per heavy atom. The first-order chi connectivity index (χ1) is 17.1. The van der Waals surface area contributed by atoms with Crippen LogP contribution in [0, 0.1) is 0 Å². The van der Waals surface area contributed by atoms with Gasteiger partial charge in [0, 0.05) is 24.9 Å². The lowest BCUT2D eigenvalue weighted by molar-refractivity contribution is -0.142. The molecule has 1 aromatic rings. The molecule has 0 aliphatic carbocycles. The molecule has 4 unspecified atom stereocenters. The van der Waals surface area contributed by atoms with E-state index in [4.69, 9.17) is 17.2 Å². The summed E-state index contributed by atoms with van der Waals surface area (Å²) in [6, 6.07) is -4.76. The number of carboxylic acids is 1. The standard InChI is InChI=1S/C20H35N9O6S/c1-36-6-4-12(21)16(31)27-13(3-2-5-25-20(22)23)17(32)29-15(9-30)18(33)28-14(19(34)35)7-11-8-24-10-26-11/h8,10,12-15,30H,2-7,9,21H2,1H3,(H,24,26)(H,27,31)(H,28,33)(H,29,32)(H,34,35)(H4,22,23,25). The number of aliphatic imine (C=N–C) groups is 1. The van der Waals surface area contributed by atoms with Crippen molar-refractivity contribution in [3.8, 4) is 0 Å². The number of thioether (sulfide) groups is 1. The molecule has 36 heavy (non-hydrogen) atoms. The summed E-state index contributed by atoms with van der Waals surface area (Å²) in [7, 11) is 0. The normalized spacial score (nSPS) is 14.1. The number of amides is 3. The van der Waals surface area contributed by atoms with E-state index < -0.39 is 54.5 Å². The van der Waals surface area contributed by atoms with Crippen LogP contribution in [0.5, 0.6) is 0 Å². The van der Waals surface area contributed by atoms with Crippen molar-refractivity contribution < 1.29 is 29.4 Å². The largest absolute Gasteiger partial charge is 0.480 e. The van der Waals surface area contributed by atoms with E-state index in [-0.39, 0.29) is 25.3 Å². The second-order valence-corrected chi connectivity index (χ2v) is 8.81. The fourth-order valence-corrected chi connectivity index (χ4v) is 3.47. The van der Waals surface area contributed by atoms with E-state index in [0.717, 1.165) is 0 Å². The van der Waals surface area contributed by atoms with Crippen LogP contribution in [0.25, 0.3) is 0 Å². The second-order valence-electron chi connectivity index (χ2n) is 7.82. The molecule has 0 radical (unpaired) electrons. The molecule has 4 atom stereocenters. The van der Waals surface area contributed by atoms with Gasteiger partial charge in [-0.3, -0.25) is 19.4 Å². The Morgan fingerprint density at radius 3 is 2.28 bits per heavy atom. The number of nitrogens with two attached hydrogens (primary N) is 3. The number of aliphatic hydroxyl groups is 1. The van der Waals surface area contributed by atoms with Crippen molar-refractivity contribution in [1.82, 2.24) is 25.9 Å². The number of hydrogen-bond acceptors (Lipinski definition) is 9. The van der Waals surface area contributed by atoms with Crippen LogP contribution in [0.2, 0.25) is 0 Å². The minimum atomic E-state index is -1.47. The summed E-state index contributed by atoms with van der Waals surface area (Å²) >= 11 is 1.52. The van der Waals surface area contributed by atoms with E-state index >= 15 is 0 Å². The summed E-state index contributed by atoms with van der Waals surface area (Å²) in [5.74, 6) is -3.03. The number of hydrogen-bond donors (Lipinski definition) is 9. The van der Waals surface area contributed by atoms with Crippen LogP contribution < -0.4 is 33.2 Å². The monoisotopic (exact) mass is 529 g/mol. The Kier molecular flexibility index (Phi) is 13.9. The number of guanidine groups is 1. The average Bonchev–Trinajstić information content (AvgIpc) is 3.34. The molecule has 16 heteroatoms. The number of H-pyrrole nitrogens is 1. The van der Waals surface area contributed by atoms with E-state index in [2.05, 4.69) is 30.9 Å². The molecule has 0 saturated carbocycles. The number of aliphatic hydroxyl groups excluding tert-OH is 1. The lowest BCUT2D eigenvalue weighted by atomic mass is 10.1. The Balaban J connectivity index is 2.86. The van der Waals surface area contributed by atoms with E-state index in [9.17, 15) is 29.4 Å². The molecule has 1 heterocycles. The fraction of sp³-hybridized carbons (Fsp3) is 0.600. The molecule has 12 N–H and O–H groups in total. The summed E-state index contributed by atoms with van der Waals surface area (Å²) in [5, 5.41) is 26.3. The second kappa shape index (κ2) is 16.3. The highest BCUT2D eigenvalue weighted by Crippen LogP contribution is 2.04. The van der Waals surface area contributed by atoms with E-state index in [0.29, 0.717) is 24.3 Å². The molecule has 0 aliphatic heterocycles. The summed E-state index contributed by atoms with van der Waals surface area (Å²) in [6.07, 6.45) is 5.37. The Labute approximate surface area is 212 Å². The van der Waals surface area contributed by atoms with Crippen molar-refractivity contribution in [3.63, 3.8) is 0 Å². The molecule has 0 bridgehead atoms. The number of nitrogens with one attached hydrogen (secondary N) is 4. The molecule has 0 saturated heterocycles. The number of nitrogens with zero attached hydrogens (tertiary/aromatic N) is 2. The molecular formula is C20H35N9O6S. The number of carbonyl (C=O) groups excluding carboxylic acids is 3. The van der Waals surface area contributed by atoms with Crippen molar-refractivity contribution >= 4 is 41.4 Å². The van der Waals surface area contributed by atoms with Crippen LogP contribution >= 0.6 is 11.8 Å². The predicted octanol–water partition coefficient (Wildman–Crippen LogP) is -3.38. The van der Waals surface area contributed by atoms with Gasteiger partial charge in [-0.2, -0.15) is 11.8 Å². The van der Waals surface area contributed by atoms with Gasteiger partial charge in [-0.1, -0.05) is 0 Å². The zero-order valence-electron chi connectivity index (χ0n) is 20.0. The highest BCUT2D eigenvalue weighted by Gasteiger charge is 2.30. The van der Waals surface area contributed by atoms with Crippen molar-refractivity contribution in [1.29, 1.82) is 0 Å². The number of imidazole rings is 1. The third-order valence-corrected chi connectivity index (χ3v) is 5.60. The van der Waals surface area contributed by atoms with Gasteiger partial charge >= 0.3 is 5.97 Å². The summed E-state index contributed by atoms with van der Waals surface area (Å²) in [6.45, 7) is -0.617. The van der Waals surface area contributed by atoms with Crippen molar-refractivity contribution in [2.75, 3.05) is 25.2 Å². The van der Waals surface area contributed by atoms with Crippen LogP contribution in [0.15, 0.2) is 17.5 Å². The number of aliphatic carboxylic acids is 1. The van der Waals surface area contributed by atoms with Gasteiger partial charge in [0.15, 0.2) is 5.96 Å². The number of carbonyl (C=O) groups is 4. The molecule has 0 aromatic carbocycles. The highest BCUT2D eigenvalue weighted by atomic mass is 32.2. The lowest BCUT2D eigenvalue weighted by Gasteiger charge is -2.24. The molecular weight excluding hydrogens is 494 g/mol. The third kappa shape index (κ3) is 11.4. The molecule has 0 aliphatic rings. The minimum absolute atomic E-state index is 0.0927. The van der Waals surface area contributed by atoms with Gasteiger partial charge in [-0.25, -0.2) is 9.78 Å². The molecule has 15 nitrogen and oxygen atoms in total. The number of carboxylic acid groups (broad SMARTS) is 1. The number of rotatable bonds is 17. The smallest absolute Gasteiger partial charge is 0.326 e. The topological polar surface area (TPSA) is 264 Å². The maximum atomic E-state index is 12.9. The van der Waals surface area contributed by atoms with Crippen LogP contribution in [0.3, 0.4) is 0 Å². The first kappa shape index (κ1) is 30.7. The first-order valence-electron chi connectivity index (χ1n) is 11.1. The number of aromatic amines is 1. The quantitative estimate of drug-likeness (QED) is 0.0545. The zero-order chi connectivity index (χ0) is 27.1. The van der Waals surface area contributed by atoms with Gasteiger partial charge < -0.3 is 48.3 Å². The molecule has 0 fully saturated rings. The number of aromatic nitrogens is 2. The fourth-order valence-electron chi connectivity index (χ4n) is 2.98. The SMILES string of the molecule is CSCCC(N)C(=O)NC(CCCN=C(N)N)C(=O)NC(CO)C(=O)NC(Cc1cnc[nH]1)C(=O)O. The Bertz CT molecular complexity index is 879. The van der Waals surface area contributed by atoms with Crippen molar-refractivity contribution in [3.05, 3.63) is 18.2 Å². The van der Waals surface area contributed by atoms with Crippen molar-refractivity contribution in [2.45, 2.75) is 49.9 Å². The summed E-state index contributed by atoms with van der Waals surface area (Å²) in [5.41, 5.74) is 16.9. The Morgan fingerprint density at radius 1 is 1.08 bits per heavy atom. The van der Waals surface area contributed by atoms with E-state index in [1.54, 1.807) is 0 Å². The lowest BCUT2D eigenvalue weighted by Crippen LogP contribution is -2.58. The third-order valence-electron chi connectivity index (χ3n) is 4.96. The Hall–Kier alpha value is -3.37. The maximum absolute atomic E-state index is 12.9. The summed E-state index contributed by atoms with van der Waals surface area (Å²) in [4.78, 5) is 59.9. The molecule has 202 valence electrons. The van der Waals surface area contributed by atoms with Crippen LogP contribution in [0.1, 0.15) is 25.0 Å². The maximum Gasteiger partial charge on any atom is 0.326 e. The van der Waals surface area contributed by atoms with Crippen molar-refractivity contribution in [2.24, 2.45) is 22.2 Å². The molecule has 1 rings (SSSR count). The van der Waals surface area contributed by atoms with Crippen LogP contribution in [-0.4, -0.2) is 99.2 Å². The van der Waals surface area contributed by atoms with E-state index in [1.165, 1.54) is 24.3 Å². The van der Waals surface area contributed by atoms with Gasteiger partial charge in [0.1, 0.15) is 18.1 Å². The molecule has 0 spiro atoms. The summed E-state index contributed by atoms with van der Waals surface area (Å²) < 4.78 is 0. The highest BCUT2D eigenvalue weighted by molar-refractivity contribution is 7.98. The minimum Gasteiger partial charge on any atom is -0.480 e. The van der Waals surface area contributed by atoms with Gasteiger partial charge in [0.25, 0.3) is 0 Å². The zero-order valence-corrected chi connectivity index (χ0v) is 20.8. The first-order valence-corrected chi connectivity index (χ1v) is 12.5. The van der Waals surface area contributed by atoms with Gasteiger partial charge in [-0.15, -0.1) is 0 Å². The van der Waals surface area contributed by atoms with Crippen LogP contribution in [0.4, 0.5) is 0 Å². The average molecular weight is 530 g/mol. The molecule has 3 amide bonds. The van der Waals surface area contributed by atoms with Gasteiger partial charge in [0.05, 0.1) is 19.0 Å². The van der Waals surface area contributed by atoms with Gasteiger partial charge in [-0.05, 0) is 31.3 Å². The predicted molar refractivity (Wildman–Crippen MR) is 134 cm³/mol. The van der Waals surface area contributed by atoms with E-state index in [1.807, 2.05) is 6.26 Å². The van der Waals surface area contributed by atoms with Gasteiger partial charge in [0.2, 0.25) is 17.7 Å².